The van der Waals surface area contributed by atoms with Crippen molar-refractivity contribution in [1.29, 1.82) is 5.26 Å². The van der Waals surface area contributed by atoms with E-state index in [0.29, 0.717) is 17.8 Å². The van der Waals surface area contributed by atoms with Gasteiger partial charge in [0.2, 0.25) is 0 Å². The lowest BCUT2D eigenvalue weighted by atomic mass is 10.1. The van der Waals surface area contributed by atoms with Gasteiger partial charge in [0.1, 0.15) is 5.69 Å². The summed E-state index contributed by atoms with van der Waals surface area (Å²) in [6.45, 7) is 4.21. The van der Waals surface area contributed by atoms with Crippen LogP contribution in [0.15, 0.2) is 18.2 Å². The van der Waals surface area contributed by atoms with E-state index in [-0.39, 0.29) is 18.3 Å². The number of nitro groups is 1. The molecule has 6 nitrogen and oxygen atoms in total. The Kier molecular flexibility index (Phi) is 5.94. The van der Waals surface area contributed by atoms with Crippen LogP contribution in [0.4, 0.5) is 11.4 Å². The van der Waals surface area contributed by atoms with Gasteiger partial charge >= 0.3 is 0 Å². The molecule has 0 aliphatic carbocycles. The largest absolute Gasteiger partial charge is 0.395 e. The molecule has 0 atom stereocenters. The van der Waals surface area contributed by atoms with Crippen LogP contribution in [0.5, 0.6) is 0 Å². The second kappa shape index (κ2) is 7.46. The van der Waals surface area contributed by atoms with Crippen LogP contribution in [0.25, 0.3) is 0 Å². The van der Waals surface area contributed by atoms with E-state index in [2.05, 4.69) is 0 Å². The molecule has 0 bridgehead atoms. The van der Waals surface area contributed by atoms with Gasteiger partial charge in [-0.25, -0.2) is 0 Å². The zero-order valence-electron chi connectivity index (χ0n) is 11.7. The van der Waals surface area contributed by atoms with E-state index in [0.717, 1.165) is 12.8 Å². The first-order valence-electron chi connectivity index (χ1n) is 6.65. The topological polar surface area (TPSA) is 90.4 Å². The minimum Gasteiger partial charge on any atom is -0.395 e. The Morgan fingerprint density at radius 2 is 2.10 bits per heavy atom. The quantitative estimate of drug-likeness (QED) is 0.610. The third-order valence-corrected chi connectivity index (χ3v) is 3.33. The molecule has 0 saturated heterocycles. The summed E-state index contributed by atoms with van der Waals surface area (Å²) in [6, 6.07) is 6.39. The van der Waals surface area contributed by atoms with Crippen molar-refractivity contribution in [2.45, 2.75) is 32.7 Å². The van der Waals surface area contributed by atoms with E-state index in [9.17, 15) is 15.2 Å². The van der Waals surface area contributed by atoms with Crippen LogP contribution in [0, 0.1) is 21.4 Å². The van der Waals surface area contributed by atoms with Crippen LogP contribution < -0.4 is 4.90 Å². The van der Waals surface area contributed by atoms with Crippen molar-refractivity contribution in [2.24, 2.45) is 0 Å². The fourth-order valence-electron chi connectivity index (χ4n) is 2.31. The molecule has 0 spiro atoms. The fourth-order valence-corrected chi connectivity index (χ4v) is 2.31. The predicted octanol–water partition coefficient (Wildman–Crippen LogP) is 2.45. The molecule has 1 aromatic rings. The Labute approximate surface area is 118 Å². The van der Waals surface area contributed by atoms with Gasteiger partial charge in [-0.05, 0) is 25.0 Å². The van der Waals surface area contributed by atoms with E-state index in [1.165, 1.54) is 18.2 Å². The number of aliphatic hydroxyl groups excluding tert-OH is 1. The molecule has 108 valence electrons. The highest BCUT2D eigenvalue weighted by atomic mass is 16.6. The van der Waals surface area contributed by atoms with Crippen LogP contribution in [0.2, 0.25) is 0 Å². The molecule has 0 saturated carbocycles. The first-order chi connectivity index (χ1) is 9.58. The predicted molar refractivity (Wildman–Crippen MR) is 76.6 cm³/mol. The van der Waals surface area contributed by atoms with Crippen LogP contribution in [0.1, 0.15) is 32.3 Å². The van der Waals surface area contributed by atoms with E-state index < -0.39 is 4.92 Å². The number of aliphatic hydroxyl groups is 1. The third-order valence-electron chi connectivity index (χ3n) is 3.33. The van der Waals surface area contributed by atoms with Gasteiger partial charge in [-0.1, -0.05) is 13.8 Å². The van der Waals surface area contributed by atoms with Gasteiger partial charge in [0.15, 0.2) is 0 Å². The number of nitrogens with zero attached hydrogens (tertiary/aromatic N) is 3. The lowest BCUT2D eigenvalue weighted by molar-refractivity contribution is -0.384. The highest BCUT2D eigenvalue weighted by Crippen LogP contribution is 2.31. The molecule has 0 aromatic heterocycles. The molecule has 0 aliphatic rings. The number of rotatable bonds is 7. The van der Waals surface area contributed by atoms with Crippen molar-refractivity contribution in [3.8, 4) is 6.07 Å². The summed E-state index contributed by atoms with van der Waals surface area (Å²) in [7, 11) is 0. The summed E-state index contributed by atoms with van der Waals surface area (Å²) in [5.74, 6) is 0. The number of nitro benzene ring substituents is 1. The highest BCUT2D eigenvalue weighted by molar-refractivity contribution is 5.66. The Morgan fingerprint density at radius 1 is 1.45 bits per heavy atom. The van der Waals surface area contributed by atoms with Crippen molar-refractivity contribution < 1.29 is 10.0 Å². The smallest absolute Gasteiger partial charge is 0.292 e. The number of anilines is 1. The van der Waals surface area contributed by atoms with Crippen molar-refractivity contribution in [2.75, 3.05) is 18.1 Å². The lowest BCUT2D eigenvalue weighted by Crippen LogP contribution is -2.37. The Morgan fingerprint density at radius 3 is 2.55 bits per heavy atom. The first kappa shape index (κ1) is 15.9. The van der Waals surface area contributed by atoms with Crippen LogP contribution >= 0.6 is 0 Å². The molecule has 1 N–H and O–H groups in total. The Bertz CT molecular complexity index is 507. The van der Waals surface area contributed by atoms with Crippen LogP contribution in [-0.4, -0.2) is 29.2 Å². The van der Waals surface area contributed by atoms with E-state index in [4.69, 9.17) is 5.26 Å². The molecular formula is C14H19N3O3. The lowest BCUT2D eigenvalue weighted by Gasteiger charge is -2.31. The summed E-state index contributed by atoms with van der Waals surface area (Å²) in [4.78, 5) is 12.5. The zero-order chi connectivity index (χ0) is 15.1. The summed E-state index contributed by atoms with van der Waals surface area (Å²) >= 11 is 0. The zero-order valence-corrected chi connectivity index (χ0v) is 11.7. The van der Waals surface area contributed by atoms with Gasteiger partial charge in [-0.15, -0.1) is 0 Å². The molecule has 0 aliphatic heterocycles. The Balaban J connectivity index is 3.36. The third kappa shape index (κ3) is 3.45. The average Bonchev–Trinajstić information content (AvgIpc) is 2.46. The number of nitriles is 1. The summed E-state index contributed by atoms with van der Waals surface area (Å²) in [6.07, 6.45) is 1.62. The van der Waals surface area contributed by atoms with E-state index >= 15 is 0 Å². The van der Waals surface area contributed by atoms with Crippen molar-refractivity contribution in [1.82, 2.24) is 0 Å². The molecule has 1 aromatic carbocycles. The monoisotopic (exact) mass is 277 g/mol. The summed E-state index contributed by atoms with van der Waals surface area (Å²) in [5.41, 5.74) is 0.737. The van der Waals surface area contributed by atoms with Crippen molar-refractivity contribution in [3.63, 3.8) is 0 Å². The molecule has 20 heavy (non-hydrogen) atoms. The normalized spacial score (nSPS) is 10.3. The highest BCUT2D eigenvalue weighted by Gasteiger charge is 2.24. The van der Waals surface area contributed by atoms with E-state index in [1.807, 2.05) is 24.8 Å². The fraction of sp³-hybridized carbons (Fsp3) is 0.500. The number of benzene rings is 1. The minimum absolute atomic E-state index is 0.0376. The van der Waals surface area contributed by atoms with E-state index in [1.54, 1.807) is 0 Å². The number of hydrogen-bond donors (Lipinski definition) is 1. The maximum atomic E-state index is 11.2. The number of hydrogen-bond acceptors (Lipinski definition) is 5. The molecule has 0 radical (unpaired) electrons. The molecule has 1 rings (SSSR count). The molecule has 0 heterocycles. The van der Waals surface area contributed by atoms with Gasteiger partial charge in [0.25, 0.3) is 5.69 Å². The van der Waals surface area contributed by atoms with Gasteiger partial charge in [-0.2, -0.15) is 5.26 Å². The van der Waals surface area contributed by atoms with Crippen molar-refractivity contribution in [3.05, 3.63) is 33.9 Å². The minimum atomic E-state index is -0.455. The van der Waals surface area contributed by atoms with Crippen LogP contribution in [-0.2, 0) is 0 Å². The second-order valence-electron chi connectivity index (χ2n) is 4.46. The summed E-state index contributed by atoms with van der Waals surface area (Å²) in [5, 5.41) is 29.3. The summed E-state index contributed by atoms with van der Waals surface area (Å²) < 4.78 is 0. The van der Waals surface area contributed by atoms with Crippen molar-refractivity contribution >= 4 is 11.4 Å². The average molecular weight is 277 g/mol. The second-order valence-corrected chi connectivity index (χ2v) is 4.46. The van der Waals surface area contributed by atoms with Gasteiger partial charge in [0.05, 0.1) is 23.2 Å². The van der Waals surface area contributed by atoms with Gasteiger partial charge < -0.3 is 10.0 Å². The molecule has 6 heteroatoms. The Hall–Kier alpha value is -2.13. The van der Waals surface area contributed by atoms with Gasteiger partial charge in [-0.3, -0.25) is 10.1 Å². The maximum Gasteiger partial charge on any atom is 0.292 e. The molecule has 0 amide bonds. The SMILES string of the molecule is CCC(CC)N(CCO)c1cc(C#N)ccc1[N+](=O)[O-]. The molecule has 0 unspecified atom stereocenters. The standard InChI is InChI=1S/C14H19N3O3/c1-3-12(4-2)16(7-8-18)14-9-11(10-15)5-6-13(14)17(19)20/h5-6,9,12,18H,3-4,7-8H2,1-2H3. The first-order valence-corrected chi connectivity index (χ1v) is 6.65. The maximum absolute atomic E-state index is 11.2. The van der Waals surface area contributed by atoms with Crippen LogP contribution in [0.3, 0.4) is 0 Å². The molecule has 0 fully saturated rings. The van der Waals surface area contributed by atoms with Gasteiger partial charge in [0, 0.05) is 18.7 Å². The molecular weight excluding hydrogens is 258 g/mol.